The molecule has 0 aliphatic carbocycles. The van der Waals surface area contributed by atoms with Crippen LogP contribution in [0.1, 0.15) is 40.0 Å². The Morgan fingerprint density at radius 1 is 1.20 bits per heavy atom. The van der Waals surface area contributed by atoms with Crippen LogP contribution in [0.2, 0.25) is 0 Å². The summed E-state index contributed by atoms with van der Waals surface area (Å²) in [5.74, 6) is -1.28. The SMILES string of the molecule is CC(C)(C)C(NS(C)(=O)=O)C(=O)NCCCCC(=O)O. The van der Waals surface area contributed by atoms with Crippen LogP contribution in [-0.4, -0.2) is 44.2 Å². The fourth-order valence-corrected chi connectivity index (χ4v) is 2.44. The van der Waals surface area contributed by atoms with Crippen molar-refractivity contribution >= 4 is 21.9 Å². The second-order valence-corrected chi connectivity index (χ2v) is 7.61. The molecule has 0 saturated carbocycles. The van der Waals surface area contributed by atoms with E-state index in [1.54, 1.807) is 20.8 Å². The lowest BCUT2D eigenvalue weighted by atomic mass is 9.87. The quantitative estimate of drug-likeness (QED) is 0.559. The molecule has 0 aliphatic rings. The Bertz CT molecular complexity index is 439. The zero-order valence-corrected chi connectivity index (χ0v) is 13.2. The van der Waals surface area contributed by atoms with E-state index in [4.69, 9.17) is 5.11 Å². The van der Waals surface area contributed by atoms with E-state index in [9.17, 15) is 18.0 Å². The van der Waals surface area contributed by atoms with Crippen molar-refractivity contribution < 1.29 is 23.1 Å². The van der Waals surface area contributed by atoms with Gasteiger partial charge in [0.25, 0.3) is 0 Å². The maximum absolute atomic E-state index is 12.0. The van der Waals surface area contributed by atoms with Crippen molar-refractivity contribution in [3.63, 3.8) is 0 Å². The van der Waals surface area contributed by atoms with Gasteiger partial charge in [0, 0.05) is 13.0 Å². The molecule has 8 heteroatoms. The number of rotatable bonds is 8. The lowest BCUT2D eigenvalue weighted by Gasteiger charge is -2.29. The summed E-state index contributed by atoms with van der Waals surface area (Å²) in [7, 11) is -3.49. The minimum atomic E-state index is -3.49. The highest BCUT2D eigenvalue weighted by molar-refractivity contribution is 7.88. The van der Waals surface area contributed by atoms with Crippen molar-refractivity contribution in [2.75, 3.05) is 12.8 Å². The zero-order valence-electron chi connectivity index (χ0n) is 12.4. The lowest BCUT2D eigenvalue weighted by molar-refractivity contribution is -0.137. The van der Waals surface area contributed by atoms with Gasteiger partial charge in [-0.05, 0) is 18.3 Å². The maximum atomic E-state index is 12.0. The van der Waals surface area contributed by atoms with Crippen LogP contribution in [0.5, 0.6) is 0 Å². The van der Waals surface area contributed by atoms with E-state index in [0.717, 1.165) is 6.26 Å². The number of nitrogens with one attached hydrogen (secondary N) is 2. The minimum Gasteiger partial charge on any atom is -0.481 e. The molecule has 0 bridgehead atoms. The molecule has 3 N–H and O–H groups in total. The van der Waals surface area contributed by atoms with Gasteiger partial charge in [-0.15, -0.1) is 0 Å². The van der Waals surface area contributed by atoms with Crippen molar-refractivity contribution in [2.24, 2.45) is 5.41 Å². The van der Waals surface area contributed by atoms with E-state index in [1.807, 2.05) is 0 Å². The summed E-state index contributed by atoms with van der Waals surface area (Å²) < 4.78 is 24.9. The first kappa shape index (κ1) is 18.9. The third-order valence-electron chi connectivity index (χ3n) is 2.58. The monoisotopic (exact) mass is 308 g/mol. The molecular formula is C12H24N2O5S. The fourth-order valence-electron chi connectivity index (χ4n) is 1.55. The summed E-state index contributed by atoms with van der Waals surface area (Å²) in [6, 6.07) is -0.864. The van der Waals surface area contributed by atoms with E-state index in [0.29, 0.717) is 19.4 Å². The molecule has 1 unspecified atom stereocenters. The van der Waals surface area contributed by atoms with Crippen molar-refractivity contribution in [1.82, 2.24) is 10.0 Å². The van der Waals surface area contributed by atoms with Crippen molar-refractivity contribution in [3.8, 4) is 0 Å². The molecule has 20 heavy (non-hydrogen) atoms. The first-order chi connectivity index (χ1) is 8.93. The Morgan fingerprint density at radius 2 is 1.75 bits per heavy atom. The highest BCUT2D eigenvalue weighted by Crippen LogP contribution is 2.20. The van der Waals surface area contributed by atoms with Gasteiger partial charge < -0.3 is 10.4 Å². The number of hydrogen-bond acceptors (Lipinski definition) is 4. The number of unbranched alkanes of at least 4 members (excludes halogenated alkanes) is 1. The summed E-state index contributed by atoms with van der Waals surface area (Å²) in [6.07, 6.45) is 2.06. The molecule has 1 amide bonds. The van der Waals surface area contributed by atoms with Gasteiger partial charge in [-0.2, -0.15) is 0 Å². The van der Waals surface area contributed by atoms with E-state index in [1.165, 1.54) is 0 Å². The Morgan fingerprint density at radius 3 is 2.15 bits per heavy atom. The smallest absolute Gasteiger partial charge is 0.303 e. The van der Waals surface area contributed by atoms with Crippen LogP contribution in [0, 0.1) is 5.41 Å². The number of carbonyl (C=O) groups excluding carboxylic acids is 1. The molecule has 0 saturated heterocycles. The second kappa shape index (κ2) is 7.58. The van der Waals surface area contributed by atoms with E-state index < -0.39 is 33.4 Å². The van der Waals surface area contributed by atoms with Gasteiger partial charge in [-0.25, -0.2) is 13.1 Å². The van der Waals surface area contributed by atoms with Crippen LogP contribution in [0.25, 0.3) is 0 Å². The third-order valence-corrected chi connectivity index (χ3v) is 3.24. The Kier molecular flexibility index (Phi) is 7.15. The van der Waals surface area contributed by atoms with Crippen molar-refractivity contribution in [2.45, 2.75) is 46.1 Å². The molecule has 0 aliphatic heterocycles. The number of aliphatic carboxylic acids is 1. The standard InChI is InChI=1S/C12H24N2O5S/c1-12(2,3)10(14-20(4,18)19)11(17)13-8-6-5-7-9(15)16/h10,14H,5-8H2,1-4H3,(H,13,17)(H,15,16). The van der Waals surface area contributed by atoms with Gasteiger partial charge in [0.1, 0.15) is 6.04 Å². The molecule has 118 valence electrons. The number of sulfonamides is 1. The van der Waals surface area contributed by atoms with Crippen LogP contribution in [0.15, 0.2) is 0 Å². The van der Waals surface area contributed by atoms with Crippen LogP contribution >= 0.6 is 0 Å². The summed E-state index contributed by atoms with van der Waals surface area (Å²) in [6.45, 7) is 5.61. The largest absolute Gasteiger partial charge is 0.481 e. The van der Waals surface area contributed by atoms with Gasteiger partial charge in [0.2, 0.25) is 15.9 Å². The third kappa shape index (κ3) is 8.87. The summed E-state index contributed by atoms with van der Waals surface area (Å²) >= 11 is 0. The number of carboxylic acids is 1. The molecular weight excluding hydrogens is 284 g/mol. The van der Waals surface area contributed by atoms with Crippen LogP contribution in [-0.2, 0) is 19.6 Å². The number of amides is 1. The average molecular weight is 308 g/mol. The lowest BCUT2D eigenvalue weighted by Crippen LogP contribution is -2.53. The Hall–Kier alpha value is -1.15. The van der Waals surface area contributed by atoms with Gasteiger partial charge in [0.15, 0.2) is 0 Å². The van der Waals surface area contributed by atoms with Gasteiger partial charge in [0.05, 0.1) is 6.26 Å². The van der Waals surface area contributed by atoms with Crippen LogP contribution in [0.3, 0.4) is 0 Å². The summed E-state index contributed by atoms with van der Waals surface area (Å²) in [5.41, 5.74) is -0.561. The fraction of sp³-hybridized carbons (Fsp3) is 0.833. The van der Waals surface area contributed by atoms with Gasteiger partial charge in [-0.1, -0.05) is 20.8 Å². The summed E-state index contributed by atoms with van der Waals surface area (Å²) in [4.78, 5) is 22.3. The molecule has 0 aromatic heterocycles. The molecule has 0 aromatic rings. The predicted octanol–water partition coefficient (Wildman–Crippen LogP) is 0.321. The molecule has 0 rings (SSSR count). The highest BCUT2D eigenvalue weighted by atomic mass is 32.2. The number of carboxylic acid groups (broad SMARTS) is 1. The highest BCUT2D eigenvalue weighted by Gasteiger charge is 2.33. The molecule has 0 heterocycles. The van der Waals surface area contributed by atoms with Crippen LogP contribution in [0.4, 0.5) is 0 Å². The van der Waals surface area contributed by atoms with Crippen molar-refractivity contribution in [3.05, 3.63) is 0 Å². The Labute approximate surface area is 120 Å². The van der Waals surface area contributed by atoms with Crippen molar-refractivity contribution in [1.29, 1.82) is 0 Å². The number of carbonyl (C=O) groups is 2. The molecule has 0 aromatic carbocycles. The zero-order chi connectivity index (χ0) is 16.0. The van der Waals surface area contributed by atoms with E-state index >= 15 is 0 Å². The predicted molar refractivity (Wildman–Crippen MR) is 75.7 cm³/mol. The van der Waals surface area contributed by atoms with Gasteiger partial charge >= 0.3 is 5.97 Å². The molecule has 0 fully saturated rings. The van der Waals surface area contributed by atoms with E-state index in [-0.39, 0.29) is 6.42 Å². The van der Waals surface area contributed by atoms with Crippen LogP contribution < -0.4 is 10.0 Å². The number of hydrogen-bond donors (Lipinski definition) is 3. The van der Waals surface area contributed by atoms with E-state index in [2.05, 4.69) is 10.0 Å². The second-order valence-electron chi connectivity index (χ2n) is 5.83. The molecule has 1 atom stereocenters. The molecule has 0 radical (unpaired) electrons. The topological polar surface area (TPSA) is 113 Å². The molecule has 7 nitrogen and oxygen atoms in total. The average Bonchev–Trinajstić information content (AvgIpc) is 2.22. The maximum Gasteiger partial charge on any atom is 0.303 e. The first-order valence-corrected chi connectivity index (χ1v) is 8.29. The summed E-state index contributed by atoms with van der Waals surface area (Å²) in [5, 5.41) is 11.1. The molecule has 0 spiro atoms. The Balaban J connectivity index is 4.40. The normalized spacial score (nSPS) is 13.8. The minimum absolute atomic E-state index is 0.0557. The van der Waals surface area contributed by atoms with Gasteiger partial charge in [-0.3, -0.25) is 9.59 Å². The first-order valence-electron chi connectivity index (χ1n) is 6.40.